The maximum atomic E-state index is 13.4. The molecule has 4 rings (SSSR count). The van der Waals surface area contributed by atoms with Crippen LogP contribution in [0.4, 0.5) is 0 Å². The third kappa shape index (κ3) is 5.88. The molecule has 1 saturated heterocycles. The number of carbonyl (C=O) groups excluding carboxylic acids is 3. The summed E-state index contributed by atoms with van der Waals surface area (Å²) in [5, 5.41) is 2.88. The summed E-state index contributed by atoms with van der Waals surface area (Å²) in [6, 6.07) is 12.5. The van der Waals surface area contributed by atoms with Crippen LogP contribution < -0.4 is 15.6 Å². The highest BCUT2D eigenvalue weighted by molar-refractivity contribution is 7.09. The Bertz CT molecular complexity index is 1250. The van der Waals surface area contributed by atoms with E-state index in [0.29, 0.717) is 13.0 Å². The minimum Gasteiger partial charge on any atom is -0.481 e. The van der Waals surface area contributed by atoms with Crippen LogP contribution in [0.25, 0.3) is 0 Å². The van der Waals surface area contributed by atoms with Crippen molar-refractivity contribution in [3.63, 3.8) is 0 Å². The van der Waals surface area contributed by atoms with Gasteiger partial charge in [0.1, 0.15) is 10.7 Å². The summed E-state index contributed by atoms with van der Waals surface area (Å²) in [6.07, 6.45) is 2.24. The van der Waals surface area contributed by atoms with Crippen LogP contribution in [-0.4, -0.2) is 46.2 Å². The molecule has 2 atom stereocenters. The number of pyridine rings is 1. The molecule has 3 aromatic rings. The number of amides is 3. The lowest BCUT2D eigenvalue weighted by atomic mass is 10.0. The van der Waals surface area contributed by atoms with Gasteiger partial charge in [0.25, 0.3) is 11.8 Å². The number of likely N-dealkylation sites (tertiary alicyclic amines) is 1. The second kappa shape index (κ2) is 11.3. The number of ether oxygens (including phenoxy) is 1. The Kier molecular flexibility index (Phi) is 7.94. The molecule has 2 unspecified atom stereocenters. The van der Waals surface area contributed by atoms with Crippen LogP contribution in [0.3, 0.4) is 0 Å². The van der Waals surface area contributed by atoms with Crippen LogP contribution in [0.2, 0.25) is 0 Å². The number of carbonyl (C=O) groups is 3. The van der Waals surface area contributed by atoms with Crippen LogP contribution in [0, 0.1) is 12.8 Å². The minimum absolute atomic E-state index is 0.0328. The number of aryl methyl sites for hydroxylation is 1. The van der Waals surface area contributed by atoms with Gasteiger partial charge < -0.3 is 9.64 Å². The largest absolute Gasteiger partial charge is 0.481 e. The Morgan fingerprint density at radius 2 is 1.94 bits per heavy atom. The predicted octanol–water partition coefficient (Wildman–Crippen LogP) is 3.47. The van der Waals surface area contributed by atoms with Crippen LogP contribution in [0.1, 0.15) is 62.9 Å². The SMILES string of the molecule is COc1cc(C(=O)N2CCCC2c2nc(C)cs2)cc(C(=O)NNC(=O)C(C)Cc2ccccc2)n1. The summed E-state index contributed by atoms with van der Waals surface area (Å²) in [5.41, 5.74) is 7.06. The Balaban J connectivity index is 1.44. The molecule has 3 amide bonds. The third-order valence-corrected chi connectivity index (χ3v) is 7.12. The van der Waals surface area contributed by atoms with E-state index in [-0.39, 0.29) is 40.9 Å². The van der Waals surface area contributed by atoms with Gasteiger partial charge in [0, 0.05) is 35.2 Å². The molecule has 0 bridgehead atoms. The second-order valence-corrected chi connectivity index (χ2v) is 9.69. The maximum absolute atomic E-state index is 13.4. The fourth-order valence-corrected chi connectivity index (χ4v) is 5.12. The fourth-order valence-electron chi connectivity index (χ4n) is 4.17. The molecule has 0 aliphatic carbocycles. The number of hydrogen-bond donors (Lipinski definition) is 2. The van der Waals surface area contributed by atoms with Crippen LogP contribution >= 0.6 is 11.3 Å². The molecule has 36 heavy (non-hydrogen) atoms. The quantitative estimate of drug-likeness (QED) is 0.474. The Labute approximate surface area is 213 Å². The minimum atomic E-state index is -0.642. The molecule has 2 aromatic heterocycles. The van der Waals surface area contributed by atoms with Crippen molar-refractivity contribution in [1.82, 2.24) is 25.7 Å². The molecule has 10 heteroatoms. The second-order valence-electron chi connectivity index (χ2n) is 8.80. The monoisotopic (exact) mass is 507 g/mol. The summed E-state index contributed by atoms with van der Waals surface area (Å²) in [7, 11) is 1.42. The molecule has 188 valence electrons. The highest BCUT2D eigenvalue weighted by Crippen LogP contribution is 2.35. The van der Waals surface area contributed by atoms with Gasteiger partial charge in [-0.2, -0.15) is 0 Å². The zero-order valence-corrected chi connectivity index (χ0v) is 21.3. The van der Waals surface area contributed by atoms with Gasteiger partial charge in [0.05, 0.1) is 13.2 Å². The summed E-state index contributed by atoms with van der Waals surface area (Å²) >= 11 is 1.54. The van der Waals surface area contributed by atoms with E-state index in [9.17, 15) is 14.4 Å². The van der Waals surface area contributed by atoms with Crippen LogP contribution in [0.5, 0.6) is 5.88 Å². The Morgan fingerprint density at radius 1 is 1.17 bits per heavy atom. The lowest BCUT2D eigenvalue weighted by molar-refractivity contribution is -0.125. The van der Waals surface area contributed by atoms with Gasteiger partial charge in [-0.3, -0.25) is 25.2 Å². The molecule has 1 aliphatic heterocycles. The molecule has 0 saturated carbocycles. The molecule has 0 radical (unpaired) electrons. The summed E-state index contributed by atoms with van der Waals surface area (Å²) in [6.45, 7) is 4.32. The average molecular weight is 508 g/mol. The lowest BCUT2D eigenvalue weighted by Crippen LogP contribution is -2.44. The third-order valence-electron chi connectivity index (χ3n) is 6.06. The van der Waals surface area contributed by atoms with E-state index in [1.54, 1.807) is 23.2 Å². The van der Waals surface area contributed by atoms with Gasteiger partial charge in [0.2, 0.25) is 11.8 Å². The molecule has 1 aliphatic rings. The smallest absolute Gasteiger partial charge is 0.288 e. The molecule has 9 nitrogen and oxygen atoms in total. The molecular formula is C26H29N5O4S. The molecular weight excluding hydrogens is 478 g/mol. The number of methoxy groups -OCH3 is 1. The highest BCUT2D eigenvalue weighted by Gasteiger charge is 2.33. The zero-order valence-electron chi connectivity index (χ0n) is 20.5. The van der Waals surface area contributed by atoms with E-state index in [0.717, 1.165) is 29.1 Å². The number of benzene rings is 1. The van der Waals surface area contributed by atoms with Gasteiger partial charge in [-0.05, 0) is 37.8 Å². The number of aromatic nitrogens is 2. The van der Waals surface area contributed by atoms with E-state index in [2.05, 4.69) is 20.8 Å². The number of nitrogens with zero attached hydrogens (tertiary/aromatic N) is 3. The molecule has 1 aromatic carbocycles. The van der Waals surface area contributed by atoms with E-state index >= 15 is 0 Å². The van der Waals surface area contributed by atoms with E-state index in [4.69, 9.17) is 4.74 Å². The number of hydrogen-bond acceptors (Lipinski definition) is 7. The van der Waals surface area contributed by atoms with Crippen molar-refractivity contribution in [2.45, 2.75) is 39.2 Å². The first-order valence-corrected chi connectivity index (χ1v) is 12.7. The molecule has 1 fully saturated rings. The Morgan fingerprint density at radius 3 is 2.64 bits per heavy atom. The van der Waals surface area contributed by atoms with Crippen molar-refractivity contribution >= 4 is 29.1 Å². The van der Waals surface area contributed by atoms with Crippen molar-refractivity contribution in [3.05, 3.63) is 75.4 Å². The van der Waals surface area contributed by atoms with E-state index in [1.165, 1.54) is 19.2 Å². The maximum Gasteiger partial charge on any atom is 0.288 e. The van der Waals surface area contributed by atoms with Gasteiger partial charge >= 0.3 is 0 Å². The summed E-state index contributed by atoms with van der Waals surface area (Å²) in [5.74, 6) is -1.41. The summed E-state index contributed by atoms with van der Waals surface area (Å²) in [4.78, 5) is 49.2. The molecule has 0 spiro atoms. The standard InChI is InChI=1S/C26H29N5O4S/c1-16(12-18-8-5-4-6-9-18)23(32)29-30-24(33)20-13-19(14-22(28-20)35-3)26(34)31-11-7-10-21(31)25-27-17(2)15-36-25/h4-6,8-9,13-16,21H,7,10-12H2,1-3H3,(H,29,32)(H,30,33). The van der Waals surface area contributed by atoms with E-state index in [1.807, 2.05) is 42.6 Å². The average Bonchev–Trinajstić information content (AvgIpc) is 3.55. The Hall–Kier alpha value is -3.79. The normalized spacial score (nSPS) is 15.9. The number of nitrogens with one attached hydrogen (secondary N) is 2. The predicted molar refractivity (Wildman–Crippen MR) is 136 cm³/mol. The lowest BCUT2D eigenvalue weighted by Gasteiger charge is -2.23. The van der Waals surface area contributed by atoms with Crippen molar-refractivity contribution in [2.24, 2.45) is 5.92 Å². The van der Waals surface area contributed by atoms with Gasteiger partial charge in [-0.1, -0.05) is 37.3 Å². The number of rotatable bonds is 7. The topological polar surface area (TPSA) is 114 Å². The van der Waals surface area contributed by atoms with Crippen LogP contribution in [-0.2, 0) is 11.2 Å². The van der Waals surface area contributed by atoms with E-state index < -0.39 is 5.91 Å². The van der Waals surface area contributed by atoms with Crippen molar-refractivity contribution in [1.29, 1.82) is 0 Å². The van der Waals surface area contributed by atoms with Gasteiger partial charge in [-0.25, -0.2) is 9.97 Å². The number of hydrazine groups is 1. The molecule has 2 N–H and O–H groups in total. The van der Waals surface area contributed by atoms with Crippen LogP contribution in [0.15, 0.2) is 47.8 Å². The van der Waals surface area contributed by atoms with Gasteiger partial charge in [0.15, 0.2) is 0 Å². The van der Waals surface area contributed by atoms with Crippen molar-refractivity contribution < 1.29 is 19.1 Å². The zero-order chi connectivity index (χ0) is 25.7. The number of thiazole rings is 1. The fraction of sp³-hybridized carbons (Fsp3) is 0.346. The van der Waals surface area contributed by atoms with Crippen molar-refractivity contribution in [3.8, 4) is 5.88 Å². The first kappa shape index (κ1) is 25.3. The molecule has 3 heterocycles. The van der Waals surface area contributed by atoms with Crippen molar-refractivity contribution in [2.75, 3.05) is 13.7 Å². The van der Waals surface area contributed by atoms with Gasteiger partial charge in [-0.15, -0.1) is 11.3 Å². The first-order chi connectivity index (χ1) is 17.4. The summed E-state index contributed by atoms with van der Waals surface area (Å²) < 4.78 is 5.24. The highest BCUT2D eigenvalue weighted by atomic mass is 32.1. The first-order valence-electron chi connectivity index (χ1n) is 11.8.